The van der Waals surface area contributed by atoms with Crippen molar-refractivity contribution in [2.24, 2.45) is 11.3 Å². The van der Waals surface area contributed by atoms with Gasteiger partial charge in [-0.25, -0.2) is 0 Å². The maximum Gasteiger partial charge on any atom is 0.282 e. The average Bonchev–Trinajstić information content (AvgIpc) is 2.79. The highest BCUT2D eigenvalue weighted by Gasteiger charge is 2.38. The van der Waals surface area contributed by atoms with Gasteiger partial charge in [0.05, 0.1) is 0 Å². The van der Waals surface area contributed by atoms with E-state index in [9.17, 15) is 0 Å². The van der Waals surface area contributed by atoms with E-state index in [1.54, 1.807) is 0 Å². The molecule has 1 rings (SSSR count). The van der Waals surface area contributed by atoms with E-state index in [-0.39, 0.29) is 0 Å². The third-order valence-corrected chi connectivity index (χ3v) is 8.14. The molecular weight excluding hydrogens is 448 g/mol. The number of unbranched alkanes of at least 4 members (excludes halogenated alkanes) is 8. The Hall–Kier alpha value is 0.580. The Bertz CT molecular complexity index is 418. The third kappa shape index (κ3) is 12.4. The van der Waals surface area contributed by atoms with Gasteiger partial charge >= 0.3 is 0 Å². The molecule has 1 unspecified atom stereocenters. The molecule has 0 aromatic carbocycles. The molecule has 1 aliphatic carbocycles. The van der Waals surface area contributed by atoms with Crippen LogP contribution < -0.4 is 0 Å². The van der Waals surface area contributed by atoms with Crippen molar-refractivity contribution in [3.63, 3.8) is 0 Å². The lowest BCUT2D eigenvalue weighted by Gasteiger charge is -2.45. The van der Waals surface area contributed by atoms with E-state index in [4.69, 9.17) is 14.2 Å². The number of hydrogen-bond donors (Lipinski definition) is 2. The van der Waals surface area contributed by atoms with Crippen molar-refractivity contribution >= 4 is 25.3 Å². The number of rotatable bonds is 22. The number of thiol groups is 2. The molecule has 198 valence electrons. The van der Waals surface area contributed by atoms with E-state index in [2.05, 4.69) is 25.3 Å². The quantitative estimate of drug-likeness (QED) is 0.0876. The molecule has 33 heavy (non-hydrogen) atoms. The van der Waals surface area contributed by atoms with Crippen molar-refractivity contribution in [1.82, 2.24) is 0 Å². The highest BCUT2D eigenvalue weighted by Crippen LogP contribution is 2.49. The second-order valence-electron chi connectivity index (χ2n) is 9.95. The predicted molar refractivity (Wildman–Crippen MR) is 150 cm³/mol. The van der Waals surface area contributed by atoms with Crippen LogP contribution in [0.25, 0.3) is 0 Å². The lowest BCUT2D eigenvalue weighted by molar-refractivity contribution is -0.380. The normalized spacial score (nSPS) is 18.6. The molecule has 0 heterocycles. The van der Waals surface area contributed by atoms with Gasteiger partial charge in [-0.1, -0.05) is 64.2 Å². The van der Waals surface area contributed by atoms with E-state index >= 15 is 0 Å². The highest BCUT2D eigenvalue weighted by atomic mass is 32.1. The van der Waals surface area contributed by atoms with Gasteiger partial charge in [0.25, 0.3) is 5.97 Å². The summed E-state index contributed by atoms with van der Waals surface area (Å²) in [7, 11) is 0. The Labute approximate surface area is 217 Å². The standard InChI is InChI=1S/C28H56O3S2/c1-4-29-28(30-5-2,31-6-3)21-16-13-11-9-7-8-10-12-14-18-26-19-15-17-20-27(26,22-24-32)23-25-33/h26,32-33H,4-25H2,1-3H3. The summed E-state index contributed by atoms with van der Waals surface area (Å²) in [6, 6.07) is 0. The van der Waals surface area contributed by atoms with Crippen LogP contribution in [0.2, 0.25) is 0 Å². The number of ether oxygens (including phenoxy) is 3. The van der Waals surface area contributed by atoms with E-state index in [1.165, 1.54) is 96.3 Å². The van der Waals surface area contributed by atoms with Crippen LogP contribution in [0.5, 0.6) is 0 Å². The van der Waals surface area contributed by atoms with Gasteiger partial charge in [-0.3, -0.25) is 0 Å². The Kier molecular flexibility index (Phi) is 18.9. The summed E-state index contributed by atoms with van der Waals surface area (Å²) < 4.78 is 17.5. The second kappa shape index (κ2) is 19.7. The van der Waals surface area contributed by atoms with Crippen LogP contribution >= 0.6 is 25.3 Å². The Balaban J connectivity index is 2.13. The van der Waals surface area contributed by atoms with Crippen LogP contribution in [-0.4, -0.2) is 37.3 Å². The molecule has 1 fully saturated rings. The summed E-state index contributed by atoms with van der Waals surface area (Å²) in [4.78, 5) is 0. The van der Waals surface area contributed by atoms with Crippen LogP contribution in [0.15, 0.2) is 0 Å². The fraction of sp³-hybridized carbons (Fsp3) is 1.00. The van der Waals surface area contributed by atoms with Crippen molar-refractivity contribution in [1.29, 1.82) is 0 Å². The summed E-state index contributed by atoms with van der Waals surface area (Å²) >= 11 is 9.19. The van der Waals surface area contributed by atoms with E-state index in [0.717, 1.165) is 30.3 Å². The fourth-order valence-corrected chi connectivity index (χ4v) is 6.92. The monoisotopic (exact) mass is 504 g/mol. The van der Waals surface area contributed by atoms with Gasteiger partial charge < -0.3 is 14.2 Å². The first-order valence-electron chi connectivity index (χ1n) is 14.3. The molecule has 5 heteroatoms. The first-order chi connectivity index (χ1) is 16.1. The van der Waals surface area contributed by atoms with Gasteiger partial charge in [0, 0.05) is 26.2 Å². The summed E-state index contributed by atoms with van der Waals surface area (Å²) in [6.07, 6.45) is 22.5. The van der Waals surface area contributed by atoms with Crippen molar-refractivity contribution in [2.45, 2.75) is 136 Å². The topological polar surface area (TPSA) is 27.7 Å². The lowest BCUT2D eigenvalue weighted by Crippen LogP contribution is -2.39. The Morgan fingerprint density at radius 3 is 1.67 bits per heavy atom. The fourth-order valence-electron chi connectivity index (χ4n) is 6.03. The number of hydrogen-bond acceptors (Lipinski definition) is 5. The summed E-state index contributed by atoms with van der Waals surface area (Å²) in [5.74, 6) is 2.17. The SMILES string of the molecule is CCOC(CCCCCCCCCCCC1CCCCC1(CCS)CCS)(OCC)OCC. The average molecular weight is 505 g/mol. The molecule has 0 aromatic heterocycles. The predicted octanol–water partition coefficient (Wildman–Crippen LogP) is 8.86. The molecule has 0 N–H and O–H groups in total. The first kappa shape index (κ1) is 31.6. The first-order valence-corrected chi connectivity index (χ1v) is 15.5. The van der Waals surface area contributed by atoms with Gasteiger partial charge in [0.15, 0.2) is 0 Å². The van der Waals surface area contributed by atoms with E-state index in [0.29, 0.717) is 25.2 Å². The van der Waals surface area contributed by atoms with E-state index < -0.39 is 5.97 Å². The summed E-state index contributed by atoms with van der Waals surface area (Å²) in [6.45, 7) is 7.86. The molecule has 0 aromatic rings. The second-order valence-corrected chi connectivity index (χ2v) is 10.8. The van der Waals surface area contributed by atoms with Gasteiger partial charge in [0.1, 0.15) is 0 Å². The lowest BCUT2D eigenvalue weighted by atomic mass is 9.62. The molecule has 1 saturated carbocycles. The van der Waals surface area contributed by atoms with Crippen LogP contribution in [0.1, 0.15) is 130 Å². The molecule has 0 spiro atoms. The van der Waals surface area contributed by atoms with Gasteiger partial charge in [-0.05, 0) is 82.1 Å². The summed E-state index contributed by atoms with van der Waals surface area (Å²) in [5, 5.41) is 0. The third-order valence-electron chi connectivity index (χ3n) is 7.69. The van der Waals surface area contributed by atoms with Crippen molar-refractivity contribution in [2.75, 3.05) is 31.3 Å². The van der Waals surface area contributed by atoms with Gasteiger partial charge in [0.2, 0.25) is 0 Å². The maximum absolute atomic E-state index is 5.82. The molecule has 3 nitrogen and oxygen atoms in total. The van der Waals surface area contributed by atoms with Crippen LogP contribution in [0.3, 0.4) is 0 Å². The molecule has 1 aliphatic rings. The molecular formula is C28H56O3S2. The van der Waals surface area contributed by atoms with Crippen molar-refractivity contribution < 1.29 is 14.2 Å². The molecule has 1 atom stereocenters. The van der Waals surface area contributed by atoms with Crippen molar-refractivity contribution in [3.8, 4) is 0 Å². The van der Waals surface area contributed by atoms with E-state index in [1.807, 2.05) is 20.8 Å². The smallest absolute Gasteiger partial charge is 0.282 e. The maximum atomic E-state index is 5.82. The summed E-state index contributed by atoms with van der Waals surface area (Å²) in [5.41, 5.74) is 0.547. The molecule has 0 saturated heterocycles. The largest absolute Gasteiger partial charge is 0.328 e. The zero-order valence-electron chi connectivity index (χ0n) is 22.3. The molecule has 0 radical (unpaired) electrons. The Morgan fingerprint density at radius 2 is 1.18 bits per heavy atom. The van der Waals surface area contributed by atoms with Crippen LogP contribution in [0.4, 0.5) is 0 Å². The Morgan fingerprint density at radius 1 is 0.697 bits per heavy atom. The van der Waals surface area contributed by atoms with Gasteiger partial charge in [-0.15, -0.1) is 0 Å². The van der Waals surface area contributed by atoms with Crippen molar-refractivity contribution in [3.05, 3.63) is 0 Å². The minimum Gasteiger partial charge on any atom is -0.328 e. The molecule has 0 bridgehead atoms. The molecule has 0 amide bonds. The zero-order valence-corrected chi connectivity index (χ0v) is 24.0. The molecule has 0 aliphatic heterocycles. The van der Waals surface area contributed by atoms with Gasteiger partial charge in [-0.2, -0.15) is 25.3 Å². The zero-order chi connectivity index (χ0) is 24.3. The van der Waals surface area contributed by atoms with Crippen LogP contribution in [-0.2, 0) is 14.2 Å². The minimum absolute atomic E-state index is 0.547. The minimum atomic E-state index is -0.825. The highest BCUT2D eigenvalue weighted by molar-refractivity contribution is 7.80. The van der Waals surface area contributed by atoms with Crippen LogP contribution in [0, 0.1) is 11.3 Å².